The zero-order chi connectivity index (χ0) is 26.2. The molecular weight excluding hydrogens is 514 g/mol. The van der Waals surface area contributed by atoms with Gasteiger partial charge >= 0.3 is 0 Å². The molecule has 3 aliphatic heterocycles. The van der Waals surface area contributed by atoms with E-state index in [1.165, 1.54) is 10.4 Å². The molecule has 202 valence electrons. The summed E-state index contributed by atoms with van der Waals surface area (Å²) < 4.78 is 62.7. The quantitative estimate of drug-likeness (QED) is 0.473. The highest BCUT2D eigenvalue weighted by molar-refractivity contribution is 7.90. The Labute approximate surface area is 219 Å². The Morgan fingerprint density at radius 1 is 0.973 bits per heavy atom. The number of sulfonamides is 2. The third-order valence-corrected chi connectivity index (χ3v) is 11.7. The Hall–Kier alpha value is -2.05. The second-order valence-corrected chi connectivity index (χ2v) is 13.9. The third kappa shape index (κ3) is 4.92. The maximum atomic E-state index is 14.0. The van der Waals surface area contributed by atoms with Crippen molar-refractivity contribution in [3.8, 4) is 0 Å². The topological polar surface area (TPSA) is 104 Å². The van der Waals surface area contributed by atoms with Crippen LogP contribution in [0.3, 0.4) is 0 Å². The lowest BCUT2D eigenvalue weighted by Gasteiger charge is -2.28. The fourth-order valence-electron chi connectivity index (χ4n) is 6.13. The molecule has 3 heterocycles. The number of hydrogen-bond donors (Lipinski definition) is 0. The fraction of sp³-hybridized carbons (Fsp3) is 0.577. The molecular formula is C26H35N3O6S2. The summed E-state index contributed by atoms with van der Waals surface area (Å²) in [7, 11) is -7.83. The van der Waals surface area contributed by atoms with Crippen molar-refractivity contribution in [2.45, 2.75) is 49.6 Å². The summed E-state index contributed by atoms with van der Waals surface area (Å²) in [6, 6.07) is 10.9. The van der Waals surface area contributed by atoms with E-state index in [2.05, 4.69) is 4.90 Å². The van der Waals surface area contributed by atoms with Gasteiger partial charge < -0.3 is 4.74 Å². The second kappa shape index (κ2) is 10.6. The monoisotopic (exact) mass is 549 g/mol. The van der Waals surface area contributed by atoms with Crippen molar-refractivity contribution in [3.05, 3.63) is 42.5 Å². The summed E-state index contributed by atoms with van der Waals surface area (Å²) in [6.45, 7) is 5.73. The number of ether oxygens (including phenoxy) is 1. The molecule has 0 radical (unpaired) electrons. The minimum Gasteiger partial charge on any atom is -0.379 e. The van der Waals surface area contributed by atoms with E-state index in [1.807, 2.05) is 25.1 Å². The SMILES string of the molecule is CCC[C@H]1C(=O)N(S(=O)(=O)c2cccc3ccccc23)[C@H]2CCN(S(=O)(=O)CCCN3CCOCC3)[C@H]12. The molecule has 11 heteroatoms. The highest BCUT2D eigenvalue weighted by Crippen LogP contribution is 2.43. The van der Waals surface area contributed by atoms with Gasteiger partial charge in [-0.15, -0.1) is 0 Å². The lowest BCUT2D eigenvalue weighted by atomic mass is 9.95. The summed E-state index contributed by atoms with van der Waals surface area (Å²) in [5.74, 6) is -1.18. The molecule has 2 aromatic carbocycles. The first-order valence-corrected chi connectivity index (χ1v) is 16.2. The third-order valence-electron chi connectivity index (χ3n) is 7.84. The van der Waals surface area contributed by atoms with Crippen molar-refractivity contribution >= 4 is 36.7 Å². The van der Waals surface area contributed by atoms with Gasteiger partial charge in [0.2, 0.25) is 15.9 Å². The number of nitrogens with zero attached hydrogens (tertiary/aromatic N) is 3. The number of carbonyl (C=O) groups is 1. The van der Waals surface area contributed by atoms with E-state index in [9.17, 15) is 21.6 Å². The van der Waals surface area contributed by atoms with Crippen molar-refractivity contribution < 1.29 is 26.4 Å². The van der Waals surface area contributed by atoms with Crippen LogP contribution in [0.2, 0.25) is 0 Å². The molecule has 2 aromatic rings. The largest absolute Gasteiger partial charge is 0.379 e. The summed E-state index contributed by atoms with van der Waals surface area (Å²) >= 11 is 0. The average molecular weight is 550 g/mol. The van der Waals surface area contributed by atoms with Gasteiger partial charge in [0.15, 0.2) is 0 Å². The lowest BCUT2D eigenvalue weighted by molar-refractivity contribution is -0.128. The van der Waals surface area contributed by atoms with Crippen molar-refractivity contribution in [2.24, 2.45) is 5.92 Å². The van der Waals surface area contributed by atoms with Gasteiger partial charge in [0.25, 0.3) is 10.0 Å². The van der Waals surface area contributed by atoms with Crippen molar-refractivity contribution in [1.82, 2.24) is 13.5 Å². The van der Waals surface area contributed by atoms with Crippen molar-refractivity contribution in [2.75, 3.05) is 45.1 Å². The number of carbonyl (C=O) groups excluding carboxylic acids is 1. The molecule has 3 aliphatic rings. The Morgan fingerprint density at radius 2 is 1.70 bits per heavy atom. The Bertz CT molecular complexity index is 1350. The first-order chi connectivity index (χ1) is 17.8. The fourth-order valence-corrected chi connectivity index (χ4v) is 9.79. The molecule has 0 spiro atoms. The second-order valence-electron chi connectivity index (χ2n) is 10.1. The normalized spacial score (nSPS) is 25.7. The molecule has 3 saturated heterocycles. The molecule has 9 nitrogen and oxygen atoms in total. The number of amides is 1. The van der Waals surface area contributed by atoms with Gasteiger partial charge in [-0.05, 0) is 37.3 Å². The lowest BCUT2D eigenvalue weighted by Crippen LogP contribution is -2.44. The van der Waals surface area contributed by atoms with E-state index in [0.717, 1.165) is 22.8 Å². The van der Waals surface area contributed by atoms with Crippen LogP contribution in [0, 0.1) is 5.92 Å². The van der Waals surface area contributed by atoms with E-state index in [-0.39, 0.29) is 17.2 Å². The van der Waals surface area contributed by atoms with E-state index < -0.39 is 44.0 Å². The summed E-state index contributed by atoms with van der Waals surface area (Å²) in [6.07, 6.45) is 1.90. The van der Waals surface area contributed by atoms with Crippen LogP contribution < -0.4 is 0 Å². The molecule has 3 fully saturated rings. The molecule has 0 aliphatic carbocycles. The molecule has 0 N–H and O–H groups in total. The summed E-state index contributed by atoms with van der Waals surface area (Å²) in [5.41, 5.74) is 0. The van der Waals surface area contributed by atoms with Gasteiger partial charge in [0, 0.05) is 25.0 Å². The molecule has 0 unspecified atom stereocenters. The molecule has 5 rings (SSSR count). The average Bonchev–Trinajstić information content (AvgIpc) is 3.43. The van der Waals surface area contributed by atoms with Crippen LogP contribution in [0.4, 0.5) is 0 Å². The molecule has 0 aromatic heterocycles. The Kier molecular flexibility index (Phi) is 7.61. The van der Waals surface area contributed by atoms with Crippen molar-refractivity contribution in [3.63, 3.8) is 0 Å². The minimum absolute atomic E-state index is 0.0172. The molecule has 37 heavy (non-hydrogen) atoms. The first-order valence-electron chi connectivity index (χ1n) is 13.1. The maximum absolute atomic E-state index is 14.0. The van der Waals surface area contributed by atoms with Crippen LogP contribution in [0.25, 0.3) is 10.8 Å². The number of rotatable bonds is 9. The van der Waals surface area contributed by atoms with E-state index in [1.54, 1.807) is 18.2 Å². The molecule has 0 bridgehead atoms. The predicted octanol–water partition coefficient (Wildman–Crippen LogP) is 2.28. The van der Waals surface area contributed by atoms with Crippen LogP contribution >= 0.6 is 0 Å². The number of fused-ring (bicyclic) bond motifs is 2. The first kappa shape index (κ1) is 26.6. The van der Waals surface area contributed by atoms with Crippen molar-refractivity contribution in [1.29, 1.82) is 0 Å². The van der Waals surface area contributed by atoms with Gasteiger partial charge in [-0.2, -0.15) is 4.31 Å². The van der Waals surface area contributed by atoms with Crippen LogP contribution in [-0.4, -0.2) is 93.5 Å². The predicted molar refractivity (Wildman–Crippen MR) is 141 cm³/mol. The smallest absolute Gasteiger partial charge is 0.267 e. The summed E-state index contributed by atoms with van der Waals surface area (Å²) in [5, 5.41) is 1.33. The van der Waals surface area contributed by atoms with Crippen LogP contribution in [0.1, 0.15) is 32.6 Å². The number of benzene rings is 2. The molecule has 3 atom stereocenters. The zero-order valence-corrected chi connectivity index (χ0v) is 22.8. The van der Waals surface area contributed by atoms with Crippen LogP contribution in [0.15, 0.2) is 47.4 Å². The van der Waals surface area contributed by atoms with E-state index >= 15 is 0 Å². The van der Waals surface area contributed by atoms with E-state index in [4.69, 9.17) is 4.74 Å². The van der Waals surface area contributed by atoms with Crippen LogP contribution in [-0.2, 0) is 29.6 Å². The van der Waals surface area contributed by atoms with Gasteiger partial charge in [-0.3, -0.25) is 9.69 Å². The highest BCUT2D eigenvalue weighted by Gasteiger charge is 2.59. The molecule has 1 amide bonds. The van der Waals surface area contributed by atoms with Gasteiger partial charge in [-0.1, -0.05) is 49.7 Å². The van der Waals surface area contributed by atoms with E-state index in [0.29, 0.717) is 50.8 Å². The van der Waals surface area contributed by atoms with Gasteiger partial charge in [0.05, 0.1) is 41.9 Å². The molecule has 0 saturated carbocycles. The minimum atomic E-state index is -4.18. The van der Waals surface area contributed by atoms with Crippen LogP contribution in [0.5, 0.6) is 0 Å². The standard InChI is InChI=1S/C26H35N3O6S2/c1-2-7-22-25-23(12-14-28(25)36(31,32)19-6-13-27-15-17-35-18-16-27)29(26(22)30)37(33,34)24-11-5-9-20-8-3-4-10-21(20)24/h3-5,8-11,22-23,25H,2,6-7,12-19H2,1H3/t22-,23+,25-/m1/s1. The maximum Gasteiger partial charge on any atom is 0.267 e. The number of hydrogen-bond acceptors (Lipinski definition) is 7. The van der Waals surface area contributed by atoms with Gasteiger partial charge in [-0.25, -0.2) is 21.1 Å². The Balaban J connectivity index is 1.42. The van der Waals surface area contributed by atoms with Gasteiger partial charge in [0.1, 0.15) is 0 Å². The Morgan fingerprint density at radius 3 is 2.46 bits per heavy atom. The highest BCUT2D eigenvalue weighted by atomic mass is 32.2. The number of morpholine rings is 1. The summed E-state index contributed by atoms with van der Waals surface area (Å²) in [4.78, 5) is 15.9. The zero-order valence-electron chi connectivity index (χ0n) is 21.2.